The smallest absolute Gasteiger partial charge is 0.0233 e. The lowest BCUT2D eigenvalue weighted by Crippen LogP contribution is -2.25. The molecule has 1 rings (SSSR count). The summed E-state index contributed by atoms with van der Waals surface area (Å²) in [5, 5.41) is 0. The summed E-state index contributed by atoms with van der Waals surface area (Å²) in [5.41, 5.74) is 2.61. The molecule has 0 aliphatic carbocycles. The van der Waals surface area contributed by atoms with Crippen molar-refractivity contribution >= 4 is 18.5 Å². The molecule has 0 amide bonds. The summed E-state index contributed by atoms with van der Waals surface area (Å²) in [4.78, 5) is 2.58. The van der Waals surface area contributed by atoms with Gasteiger partial charge in [0, 0.05) is 6.54 Å². The van der Waals surface area contributed by atoms with E-state index in [0.29, 0.717) is 0 Å². The van der Waals surface area contributed by atoms with E-state index in [1.807, 2.05) is 6.08 Å². The van der Waals surface area contributed by atoms with Crippen LogP contribution >= 0.6 is 12.4 Å². The number of unbranched alkanes of at least 4 members (excludes halogenated alkanes) is 2. The summed E-state index contributed by atoms with van der Waals surface area (Å²) in [6.07, 6.45) is 7.05. The normalized spacial score (nSPS) is 10.3. The molecule has 108 valence electrons. The van der Waals surface area contributed by atoms with Gasteiger partial charge in [0.25, 0.3) is 0 Å². The Morgan fingerprint density at radius 1 is 1.00 bits per heavy atom. The Morgan fingerprint density at radius 2 is 1.53 bits per heavy atom. The molecule has 0 atom stereocenters. The van der Waals surface area contributed by atoms with E-state index in [2.05, 4.69) is 49.6 Å². The van der Waals surface area contributed by atoms with Crippen molar-refractivity contribution in [2.45, 2.75) is 46.1 Å². The molecular formula is C17H28ClN. The molecule has 1 aromatic carbocycles. The third kappa shape index (κ3) is 7.39. The molecule has 0 bridgehead atoms. The molecule has 0 aliphatic heterocycles. The van der Waals surface area contributed by atoms with Crippen molar-refractivity contribution in [3.63, 3.8) is 0 Å². The Labute approximate surface area is 125 Å². The van der Waals surface area contributed by atoms with Crippen molar-refractivity contribution in [1.82, 2.24) is 4.90 Å². The van der Waals surface area contributed by atoms with Crippen molar-refractivity contribution in [2.75, 3.05) is 13.1 Å². The van der Waals surface area contributed by atoms with E-state index in [1.54, 1.807) is 0 Å². The van der Waals surface area contributed by atoms with Crippen LogP contribution in [0.15, 0.2) is 30.8 Å². The second kappa shape index (κ2) is 11.1. The van der Waals surface area contributed by atoms with Gasteiger partial charge in [0.05, 0.1) is 0 Å². The predicted molar refractivity (Wildman–Crippen MR) is 88.9 cm³/mol. The Balaban J connectivity index is 0.00000324. The molecule has 0 saturated heterocycles. The van der Waals surface area contributed by atoms with Crippen LogP contribution < -0.4 is 0 Å². The number of hydrogen-bond donors (Lipinski definition) is 0. The quantitative estimate of drug-likeness (QED) is 0.605. The van der Waals surface area contributed by atoms with E-state index in [9.17, 15) is 0 Å². The van der Waals surface area contributed by atoms with Crippen LogP contribution in [-0.2, 0) is 6.54 Å². The lowest BCUT2D eigenvalue weighted by molar-refractivity contribution is 0.257. The third-order valence-corrected chi connectivity index (χ3v) is 3.28. The summed E-state index contributed by atoms with van der Waals surface area (Å²) < 4.78 is 0. The molecule has 0 unspecified atom stereocenters. The van der Waals surface area contributed by atoms with Crippen molar-refractivity contribution in [3.8, 4) is 0 Å². The fourth-order valence-electron chi connectivity index (χ4n) is 2.05. The monoisotopic (exact) mass is 281 g/mol. The maximum Gasteiger partial charge on any atom is 0.0233 e. The SMILES string of the molecule is C=Cc1ccc(CN(CCCC)CCCC)cc1.Cl. The molecule has 1 aromatic rings. The van der Waals surface area contributed by atoms with E-state index < -0.39 is 0 Å². The minimum atomic E-state index is 0. The van der Waals surface area contributed by atoms with Crippen LogP contribution in [-0.4, -0.2) is 18.0 Å². The Morgan fingerprint density at radius 3 is 1.95 bits per heavy atom. The van der Waals surface area contributed by atoms with E-state index in [-0.39, 0.29) is 12.4 Å². The molecule has 0 heterocycles. The summed E-state index contributed by atoms with van der Waals surface area (Å²) in [6, 6.07) is 8.75. The highest BCUT2D eigenvalue weighted by molar-refractivity contribution is 5.85. The highest BCUT2D eigenvalue weighted by Gasteiger charge is 2.04. The van der Waals surface area contributed by atoms with Gasteiger partial charge in [0.1, 0.15) is 0 Å². The molecule has 0 fully saturated rings. The number of halogens is 1. The molecular weight excluding hydrogens is 254 g/mol. The minimum Gasteiger partial charge on any atom is -0.299 e. The van der Waals surface area contributed by atoms with Crippen LogP contribution in [0.2, 0.25) is 0 Å². The largest absolute Gasteiger partial charge is 0.299 e. The topological polar surface area (TPSA) is 3.24 Å². The van der Waals surface area contributed by atoms with Crippen LogP contribution in [0.25, 0.3) is 6.08 Å². The molecule has 1 nitrogen and oxygen atoms in total. The van der Waals surface area contributed by atoms with E-state index in [4.69, 9.17) is 0 Å². The van der Waals surface area contributed by atoms with Crippen molar-refractivity contribution in [3.05, 3.63) is 42.0 Å². The number of nitrogens with zero attached hydrogens (tertiary/aromatic N) is 1. The van der Waals surface area contributed by atoms with Crippen LogP contribution in [0.3, 0.4) is 0 Å². The lowest BCUT2D eigenvalue weighted by atomic mass is 10.1. The van der Waals surface area contributed by atoms with E-state index >= 15 is 0 Å². The maximum atomic E-state index is 3.79. The zero-order valence-electron chi connectivity index (χ0n) is 12.4. The average molecular weight is 282 g/mol. The Hall–Kier alpha value is -0.790. The fourth-order valence-corrected chi connectivity index (χ4v) is 2.05. The van der Waals surface area contributed by atoms with Gasteiger partial charge in [-0.05, 0) is 37.1 Å². The highest BCUT2D eigenvalue weighted by Crippen LogP contribution is 2.10. The van der Waals surface area contributed by atoms with Gasteiger partial charge in [-0.3, -0.25) is 4.90 Å². The van der Waals surface area contributed by atoms with Gasteiger partial charge in [-0.15, -0.1) is 12.4 Å². The van der Waals surface area contributed by atoms with Crippen molar-refractivity contribution < 1.29 is 0 Å². The third-order valence-electron chi connectivity index (χ3n) is 3.28. The van der Waals surface area contributed by atoms with E-state index in [0.717, 1.165) is 6.54 Å². The fraction of sp³-hybridized carbons (Fsp3) is 0.529. The average Bonchev–Trinajstić information content (AvgIpc) is 2.42. The first-order valence-electron chi connectivity index (χ1n) is 7.23. The van der Waals surface area contributed by atoms with Crippen molar-refractivity contribution in [1.29, 1.82) is 0 Å². The molecule has 19 heavy (non-hydrogen) atoms. The van der Waals surface area contributed by atoms with Crippen LogP contribution in [0, 0.1) is 0 Å². The minimum absolute atomic E-state index is 0. The van der Waals surface area contributed by atoms with Gasteiger partial charge in [-0.1, -0.05) is 63.6 Å². The van der Waals surface area contributed by atoms with Gasteiger partial charge in [0.2, 0.25) is 0 Å². The Kier molecular flexibility index (Phi) is 10.6. The highest BCUT2D eigenvalue weighted by atomic mass is 35.5. The first-order chi connectivity index (χ1) is 8.80. The van der Waals surface area contributed by atoms with Gasteiger partial charge in [-0.2, -0.15) is 0 Å². The molecule has 0 saturated carbocycles. The summed E-state index contributed by atoms with van der Waals surface area (Å²) >= 11 is 0. The predicted octanol–water partition coefficient (Wildman–Crippen LogP) is 5.15. The second-order valence-corrected chi connectivity index (χ2v) is 4.93. The molecule has 0 radical (unpaired) electrons. The number of benzene rings is 1. The molecule has 2 heteroatoms. The number of rotatable bonds is 9. The van der Waals surface area contributed by atoms with Gasteiger partial charge >= 0.3 is 0 Å². The summed E-state index contributed by atoms with van der Waals surface area (Å²) in [5.74, 6) is 0. The molecule has 0 spiro atoms. The second-order valence-electron chi connectivity index (χ2n) is 4.93. The van der Waals surface area contributed by atoms with Gasteiger partial charge in [0.15, 0.2) is 0 Å². The first kappa shape index (κ1) is 18.2. The molecule has 0 aromatic heterocycles. The maximum absolute atomic E-state index is 3.79. The van der Waals surface area contributed by atoms with Gasteiger partial charge in [-0.25, -0.2) is 0 Å². The van der Waals surface area contributed by atoms with E-state index in [1.165, 1.54) is 49.9 Å². The first-order valence-corrected chi connectivity index (χ1v) is 7.23. The Bertz CT molecular complexity index is 324. The van der Waals surface area contributed by atoms with Gasteiger partial charge < -0.3 is 0 Å². The summed E-state index contributed by atoms with van der Waals surface area (Å²) in [6.45, 7) is 11.8. The van der Waals surface area contributed by atoms with Crippen molar-refractivity contribution in [2.24, 2.45) is 0 Å². The zero-order chi connectivity index (χ0) is 13.2. The zero-order valence-corrected chi connectivity index (χ0v) is 13.2. The summed E-state index contributed by atoms with van der Waals surface area (Å²) in [7, 11) is 0. The van der Waals surface area contributed by atoms with Crippen LogP contribution in [0.5, 0.6) is 0 Å². The van der Waals surface area contributed by atoms with Crippen LogP contribution in [0.1, 0.15) is 50.7 Å². The molecule has 0 N–H and O–H groups in total. The standard InChI is InChI=1S/C17H27N.ClH/c1-4-7-13-18(14-8-5-2)15-17-11-9-16(6-3)10-12-17;/h6,9-12H,3-5,7-8,13-15H2,1-2H3;1H. The molecule has 0 aliphatic rings. The van der Waals surface area contributed by atoms with Crippen LogP contribution in [0.4, 0.5) is 0 Å². The lowest BCUT2D eigenvalue weighted by Gasteiger charge is -2.22. The number of hydrogen-bond acceptors (Lipinski definition) is 1.